The molecule has 0 spiro atoms. The number of nitrogens with zero attached hydrogens (tertiary/aromatic N) is 4. The Labute approximate surface area is 220 Å². The van der Waals surface area contributed by atoms with Gasteiger partial charge in [0, 0.05) is 50.0 Å². The lowest BCUT2D eigenvalue weighted by Crippen LogP contribution is -2.54. The molecule has 3 atom stereocenters. The van der Waals surface area contributed by atoms with E-state index in [2.05, 4.69) is 44.3 Å². The van der Waals surface area contributed by atoms with Gasteiger partial charge in [-0.05, 0) is 36.9 Å². The third-order valence-corrected chi connectivity index (χ3v) is 7.23. The number of fused-ring (bicyclic) bond motifs is 1. The molecule has 38 heavy (non-hydrogen) atoms. The highest BCUT2D eigenvalue weighted by Gasteiger charge is 2.48. The second-order valence-electron chi connectivity index (χ2n) is 9.75. The van der Waals surface area contributed by atoms with E-state index in [1.54, 1.807) is 30.5 Å². The number of aldehydes is 1. The van der Waals surface area contributed by atoms with Crippen molar-refractivity contribution in [3.05, 3.63) is 58.9 Å². The highest BCUT2D eigenvalue weighted by molar-refractivity contribution is 6.00. The van der Waals surface area contributed by atoms with Crippen LogP contribution in [0.3, 0.4) is 0 Å². The maximum atomic E-state index is 13.1. The summed E-state index contributed by atoms with van der Waals surface area (Å²) in [6.07, 6.45) is 1.17. The predicted octanol–water partition coefficient (Wildman–Crippen LogP) is -0.681. The van der Waals surface area contributed by atoms with E-state index in [4.69, 9.17) is 4.74 Å². The van der Waals surface area contributed by atoms with E-state index in [-0.39, 0.29) is 12.5 Å². The number of methoxy groups -OCH3 is 1. The Kier molecular flexibility index (Phi) is 7.14. The molecule has 2 fully saturated rings. The second-order valence-corrected chi connectivity index (χ2v) is 9.75. The van der Waals surface area contributed by atoms with Crippen molar-refractivity contribution in [3.63, 3.8) is 0 Å². The predicted molar refractivity (Wildman–Crippen MR) is 137 cm³/mol. The van der Waals surface area contributed by atoms with E-state index < -0.39 is 23.8 Å². The smallest absolute Gasteiger partial charge is 0.257 e. The number of aromatic nitrogens is 1. The molecule has 3 N–H and O–H groups in total. The largest absolute Gasteiger partial charge is 0.497 e. The first-order chi connectivity index (χ1) is 18.3. The minimum absolute atomic E-state index is 0.0686. The van der Waals surface area contributed by atoms with Gasteiger partial charge in [0.05, 0.1) is 19.3 Å². The van der Waals surface area contributed by atoms with Gasteiger partial charge < -0.3 is 29.8 Å². The minimum atomic E-state index is -1.52. The number of rotatable bonds is 6. The molecule has 3 aliphatic heterocycles. The van der Waals surface area contributed by atoms with Crippen LogP contribution in [-0.4, -0.2) is 102 Å². The Morgan fingerprint density at radius 2 is 2.03 bits per heavy atom. The monoisotopic (exact) mass is 518 g/mol. The van der Waals surface area contributed by atoms with Gasteiger partial charge in [-0.15, -0.1) is 0 Å². The third kappa shape index (κ3) is 4.99. The zero-order valence-electron chi connectivity index (χ0n) is 21.3. The Bertz CT molecular complexity index is 1300. The van der Waals surface area contributed by atoms with Crippen LogP contribution in [0.4, 0.5) is 0 Å². The summed E-state index contributed by atoms with van der Waals surface area (Å²) in [4.78, 5) is 48.2. The molecule has 3 aliphatic rings. The van der Waals surface area contributed by atoms with Gasteiger partial charge >= 0.3 is 0 Å². The van der Waals surface area contributed by atoms with E-state index >= 15 is 0 Å². The topological polar surface area (TPSA) is 127 Å². The van der Waals surface area contributed by atoms with E-state index in [1.165, 1.54) is 12.0 Å². The van der Waals surface area contributed by atoms with Crippen molar-refractivity contribution in [1.82, 2.24) is 30.3 Å². The fraction of sp³-hybridized carbons (Fsp3) is 0.407. The molecule has 0 radical (unpaired) electrons. The summed E-state index contributed by atoms with van der Waals surface area (Å²) in [6, 6.07) is 8.36. The normalized spacial score (nSPS) is 24.4. The number of carbonyl (C=O) groups excluding carboxylic acids is 3. The highest BCUT2D eigenvalue weighted by atomic mass is 16.5. The van der Waals surface area contributed by atoms with Crippen LogP contribution < -0.4 is 15.4 Å². The Morgan fingerprint density at radius 1 is 1.24 bits per heavy atom. The van der Waals surface area contributed by atoms with Gasteiger partial charge in [-0.1, -0.05) is 17.9 Å². The first-order valence-electron chi connectivity index (χ1n) is 12.4. The number of ether oxygens (including phenoxy) is 1. The van der Waals surface area contributed by atoms with E-state index in [1.807, 2.05) is 6.07 Å². The van der Waals surface area contributed by atoms with Gasteiger partial charge in [0.25, 0.3) is 11.8 Å². The quantitative estimate of drug-likeness (QED) is 0.337. The molecule has 0 aliphatic carbocycles. The van der Waals surface area contributed by atoms with Crippen molar-refractivity contribution in [2.75, 3.05) is 46.9 Å². The average Bonchev–Trinajstić information content (AvgIpc) is 3.38. The molecule has 198 valence electrons. The summed E-state index contributed by atoms with van der Waals surface area (Å²) in [5.74, 6) is 5.70. The number of pyridine rings is 1. The lowest BCUT2D eigenvalue weighted by atomic mass is 9.99. The van der Waals surface area contributed by atoms with Gasteiger partial charge in [-0.2, -0.15) is 0 Å². The number of carbonyl (C=O) groups is 3. The van der Waals surface area contributed by atoms with Crippen LogP contribution in [0.25, 0.3) is 0 Å². The molecule has 3 unspecified atom stereocenters. The van der Waals surface area contributed by atoms with Crippen LogP contribution in [0.1, 0.15) is 33.2 Å². The fourth-order valence-corrected chi connectivity index (χ4v) is 4.99. The molecule has 2 aromatic rings. The van der Waals surface area contributed by atoms with Crippen molar-refractivity contribution in [2.24, 2.45) is 0 Å². The van der Waals surface area contributed by atoms with Gasteiger partial charge in [0.1, 0.15) is 18.1 Å². The van der Waals surface area contributed by atoms with Gasteiger partial charge in [-0.25, -0.2) is 5.32 Å². The first-order valence-corrected chi connectivity index (χ1v) is 12.4. The van der Waals surface area contributed by atoms with Crippen LogP contribution in [-0.2, 0) is 16.1 Å². The summed E-state index contributed by atoms with van der Waals surface area (Å²) in [5, 5.41) is 15.3. The van der Waals surface area contributed by atoms with Crippen molar-refractivity contribution < 1.29 is 24.2 Å². The summed E-state index contributed by atoms with van der Waals surface area (Å²) < 4.78 is 5.23. The Balaban J connectivity index is 1.35. The van der Waals surface area contributed by atoms with Crippen LogP contribution in [0.5, 0.6) is 5.75 Å². The number of aliphatic hydroxyl groups is 1. The van der Waals surface area contributed by atoms with Crippen molar-refractivity contribution >= 4 is 18.1 Å². The molecule has 0 saturated carbocycles. The maximum absolute atomic E-state index is 13.1. The zero-order chi connectivity index (χ0) is 26.9. The summed E-state index contributed by atoms with van der Waals surface area (Å²) in [7, 11) is 3.59. The molecule has 4 heterocycles. The fourth-order valence-electron chi connectivity index (χ4n) is 4.99. The lowest BCUT2D eigenvalue weighted by Gasteiger charge is -2.35. The Morgan fingerprint density at radius 3 is 2.66 bits per heavy atom. The van der Waals surface area contributed by atoms with Crippen molar-refractivity contribution in [3.8, 4) is 17.6 Å². The number of aliphatic hydroxyl groups excluding tert-OH is 1. The van der Waals surface area contributed by atoms with Gasteiger partial charge in [0.15, 0.2) is 11.9 Å². The molecular weight excluding hydrogens is 488 g/mol. The number of amides is 2. The van der Waals surface area contributed by atoms with Crippen molar-refractivity contribution in [2.45, 2.75) is 24.5 Å². The van der Waals surface area contributed by atoms with E-state index in [9.17, 15) is 19.5 Å². The van der Waals surface area contributed by atoms with E-state index in [0.29, 0.717) is 29.1 Å². The zero-order valence-corrected chi connectivity index (χ0v) is 21.3. The first kappa shape index (κ1) is 25.8. The molecule has 0 bridgehead atoms. The van der Waals surface area contributed by atoms with Gasteiger partial charge in [0.2, 0.25) is 0 Å². The minimum Gasteiger partial charge on any atom is -0.497 e. The number of hydrogen-bond donors (Lipinski definition) is 3. The van der Waals surface area contributed by atoms with Crippen molar-refractivity contribution in [1.29, 1.82) is 0 Å². The number of piperazine rings is 1. The van der Waals surface area contributed by atoms with Crippen LogP contribution in [0, 0.1) is 11.8 Å². The summed E-state index contributed by atoms with van der Waals surface area (Å²) >= 11 is 0. The van der Waals surface area contributed by atoms with Crippen LogP contribution in [0.2, 0.25) is 0 Å². The molecule has 2 saturated heterocycles. The summed E-state index contributed by atoms with van der Waals surface area (Å²) in [5.41, 5.74) is 0.977. The van der Waals surface area contributed by atoms with Crippen LogP contribution in [0.15, 0.2) is 36.5 Å². The molecule has 2 amide bonds. The lowest BCUT2D eigenvalue weighted by molar-refractivity contribution is -0.123. The third-order valence-electron chi connectivity index (χ3n) is 7.23. The highest BCUT2D eigenvalue weighted by Crippen LogP contribution is 2.28. The second kappa shape index (κ2) is 10.5. The molecule has 1 aromatic heterocycles. The molecule has 1 aromatic carbocycles. The van der Waals surface area contributed by atoms with E-state index in [0.717, 1.165) is 38.0 Å². The molecule has 11 nitrogen and oxygen atoms in total. The molecule has 5 rings (SSSR count). The molecule has 11 heteroatoms. The number of nitrogens with one attached hydrogen (secondary N) is 2. The number of hydrogen-bond acceptors (Lipinski definition) is 9. The SMILES string of the molecule is COc1ccc2c(c1)C(=O)N(CC1(C#Cc3ccc(C(C=O)N4CCN(C)CC4)nc3)NC(O)NC1=O)C2. The summed E-state index contributed by atoms with van der Waals surface area (Å²) in [6.45, 7) is 3.56. The standard InChI is InChI=1S/C27H30N6O5/c1-31-9-11-32(12-10-31)23(16-34)22-6-3-18(14-28-22)7-8-27(25(36)29-26(37)30-27)17-33-15-19-4-5-20(38-2)13-21(19)24(33)35/h3-6,13-14,16,23,26,30,37H,9-12,15,17H2,1-2H3,(H,29,36). The number of benzene rings is 1. The Hall–Kier alpha value is -3.82. The molecular formula is C27H30N6O5. The maximum Gasteiger partial charge on any atom is 0.257 e. The average molecular weight is 519 g/mol. The van der Waals surface area contributed by atoms with Gasteiger partial charge in [-0.3, -0.25) is 19.5 Å². The number of likely N-dealkylation sites (N-methyl/N-ethyl adjacent to an activating group) is 1. The van der Waals surface area contributed by atoms with Crippen LogP contribution >= 0.6 is 0 Å².